The lowest BCUT2D eigenvalue weighted by Crippen LogP contribution is -2.30. The summed E-state index contributed by atoms with van der Waals surface area (Å²) in [6.45, 7) is -2.04. The number of hydrogen-bond acceptors (Lipinski definition) is 4. The van der Waals surface area contributed by atoms with Gasteiger partial charge in [0.1, 0.15) is 0 Å². The molecular weight excluding hydrogens is 273 g/mol. The van der Waals surface area contributed by atoms with Crippen LogP contribution in [0.4, 0.5) is 24.5 Å². The molecular formula is C13H17F3N2O2. The van der Waals surface area contributed by atoms with Crippen molar-refractivity contribution in [3.05, 3.63) is 17.9 Å². The standard InChI is InChI=1S/C13H17F3N2O2/c1-19-5-4-18(8-2-3-8)11-7-12(20-13(15)16)9(14)6-10(11)17/h6-8,13H,2-5,17H2,1H3. The van der Waals surface area contributed by atoms with E-state index in [1.807, 2.05) is 4.90 Å². The summed E-state index contributed by atoms with van der Waals surface area (Å²) in [5.41, 5.74) is 6.50. The zero-order valence-electron chi connectivity index (χ0n) is 11.1. The number of ether oxygens (including phenoxy) is 2. The second kappa shape index (κ2) is 6.21. The first kappa shape index (κ1) is 14.8. The summed E-state index contributed by atoms with van der Waals surface area (Å²) in [5, 5.41) is 0. The highest BCUT2D eigenvalue weighted by molar-refractivity contribution is 5.71. The van der Waals surface area contributed by atoms with Gasteiger partial charge in [-0.05, 0) is 12.8 Å². The number of rotatable bonds is 7. The van der Waals surface area contributed by atoms with E-state index in [4.69, 9.17) is 10.5 Å². The molecule has 2 N–H and O–H groups in total. The smallest absolute Gasteiger partial charge is 0.387 e. The molecule has 0 spiro atoms. The van der Waals surface area contributed by atoms with Gasteiger partial charge in [0.05, 0.1) is 18.0 Å². The average molecular weight is 290 g/mol. The van der Waals surface area contributed by atoms with E-state index >= 15 is 0 Å². The molecule has 1 saturated carbocycles. The van der Waals surface area contributed by atoms with Crippen LogP contribution in [0.15, 0.2) is 12.1 Å². The van der Waals surface area contributed by atoms with E-state index in [1.165, 1.54) is 6.07 Å². The summed E-state index contributed by atoms with van der Waals surface area (Å²) in [7, 11) is 1.57. The highest BCUT2D eigenvalue weighted by Gasteiger charge is 2.31. The lowest BCUT2D eigenvalue weighted by Gasteiger charge is -2.26. The number of hydrogen-bond donors (Lipinski definition) is 1. The van der Waals surface area contributed by atoms with Crippen LogP contribution in [0.5, 0.6) is 5.75 Å². The van der Waals surface area contributed by atoms with E-state index in [1.54, 1.807) is 7.11 Å². The lowest BCUT2D eigenvalue weighted by atomic mass is 10.2. The minimum absolute atomic E-state index is 0.201. The molecule has 0 unspecified atom stereocenters. The molecule has 1 aromatic rings. The molecule has 1 aromatic carbocycles. The largest absolute Gasteiger partial charge is 0.432 e. The van der Waals surface area contributed by atoms with Crippen molar-refractivity contribution < 1.29 is 22.6 Å². The third-order valence-electron chi connectivity index (χ3n) is 3.13. The number of nitrogens with two attached hydrogens (primary N) is 1. The van der Waals surface area contributed by atoms with Crippen LogP contribution >= 0.6 is 0 Å². The van der Waals surface area contributed by atoms with Crippen molar-refractivity contribution in [2.24, 2.45) is 0 Å². The molecule has 0 heterocycles. The Morgan fingerprint density at radius 1 is 1.40 bits per heavy atom. The molecule has 0 saturated heterocycles. The molecule has 20 heavy (non-hydrogen) atoms. The molecule has 0 amide bonds. The van der Waals surface area contributed by atoms with Crippen molar-refractivity contribution in [3.8, 4) is 5.75 Å². The second-order valence-electron chi connectivity index (χ2n) is 4.64. The van der Waals surface area contributed by atoms with Crippen molar-refractivity contribution in [1.82, 2.24) is 0 Å². The predicted molar refractivity (Wildman–Crippen MR) is 69.7 cm³/mol. The van der Waals surface area contributed by atoms with Crippen LogP contribution in [0.3, 0.4) is 0 Å². The normalized spacial score (nSPS) is 14.7. The van der Waals surface area contributed by atoms with Gasteiger partial charge in [-0.15, -0.1) is 0 Å². The molecule has 112 valence electrons. The maximum absolute atomic E-state index is 13.5. The summed E-state index contributed by atoms with van der Waals surface area (Å²) < 4.78 is 47.2. The van der Waals surface area contributed by atoms with Gasteiger partial charge in [0.2, 0.25) is 0 Å². The number of alkyl halides is 2. The molecule has 1 aliphatic rings. The zero-order chi connectivity index (χ0) is 14.7. The Balaban J connectivity index is 2.27. The van der Waals surface area contributed by atoms with Gasteiger partial charge in [0, 0.05) is 31.8 Å². The maximum atomic E-state index is 13.5. The van der Waals surface area contributed by atoms with Gasteiger partial charge in [-0.3, -0.25) is 0 Å². The number of nitrogens with zero attached hydrogens (tertiary/aromatic N) is 1. The van der Waals surface area contributed by atoms with Crippen LogP contribution in [0, 0.1) is 5.82 Å². The quantitative estimate of drug-likeness (QED) is 0.784. The minimum atomic E-state index is -3.07. The average Bonchev–Trinajstić information content (AvgIpc) is 3.18. The third-order valence-corrected chi connectivity index (χ3v) is 3.13. The SMILES string of the molecule is COCCN(c1cc(OC(F)F)c(F)cc1N)C1CC1. The van der Waals surface area contributed by atoms with E-state index in [2.05, 4.69) is 4.74 Å². The van der Waals surface area contributed by atoms with Crippen molar-refractivity contribution in [3.63, 3.8) is 0 Å². The minimum Gasteiger partial charge on any atom is -0.432 e. The van der Waals surface area contributed by atoms with Crippen LogP contribution in [-0.4, -0.2) is 32.9 Å². The second-order valence-corrected chi connectivity index (χ2v) is 4.64. The number of benzene rings is 1. The Labute approximate surface area is 115 Å². The Hall–Kier alpha value is -1.63. The predicted octanol–water partition coefficient (Wildman–Crippen LogP) is 2.62. The number of methoxy groups -OCH3 is 1. The van der Waals surface area contributed by atoms with Gasteiger partial charge in [-0.2, -0.15) is 8.78 Å². The third kappa shape index (κ3) is 3.47. The summed E-state index contributed by atoms with van der Waals surface area (Å²) in [4.78, 5) is 1.94. The molecule has 0 radical (unpaired) electrons. The van der Waals surface area contributed by atoms with Crippen LogP contribution in [0.1, 0.15) is 12.8 Å². The van der Waals surface area contributed by atoms with Gasteiger partial charge in [0.25, 0.3) is 0 Å². The van der Waals surface area contributed by atoms with E-state index in [0.717, 1.165) is 18.9 Å². The number of halogens is 3. The number of anilines is 2. The molecule has 0 atom stereocenters. The first-order valence-electron chi connectivity index (χ1n) is 6.32. The summed E-state index contributed by atoms with van der Waals surface area (Å²) in [6.07, 6.45) is 1.98. The molecule has 0 bridgehead atoms. The molecule has 1 aliphatic carbocycles. The van der Waals surface area contributed by atoms with E-state index in [9.17, 15) is 13.2 Å². The molecule has 0 aromatic heterocycles. The Kier molecular flexibility index (Phi) is 4.59. The molecule has 1 fully saturated rings. The molecule has 4 nitrogen and oxygen atoms in total. The van der Waals surface area contributed by atoms with E-state index < -0.39 is 18.2 Å². The molecule has 2 rings (SSSR count). The lowest BCUT2D eigenvalue weighted by molar-refractivity contribution is -0.0521. The van der Waals surface area contributed by atoms with Crippen molar-refractivity contribution in [2.45, 2.75) is 25.5 Å². The first-order valence-corrected chi connectivity index (χ1v) is 6.32. The van der Waals surface area contributed by atoms with Crippen LogP contribution < -0.4 is 15.4 Å². The summed E-state index contributed by atoms with van der Waals surface area (Å²) >= 11 is 0. The van der Waals surface area contributed by atoms with Gasteiger partial charge >= 0.3 is 6.61 Å². The fourth-order valence-corrected chi connectivity index (χ4v) is 2.07. The maximum Gasteiger partial charge on any atom is 0.387 e. The van der Waals surface area contributed by atoms with Crippen LogP contribution in [-0.2, 0) is 4.74 Å². The van der Waals surface area contributed by atoms with Crippen molar-refractivity contribution in [1.29, 1.82) is 0 Å². The zero-order valence-corrected chi connectivity index (χ0v) is 11.1. The monoisotopic (exact) mass is 290 g/mol. The first-order chi connectivity index (χ1) is 9.52. The number of nitrogen functional groups attached to an aromatic ring is 1. The molecule has 0 aliphatic heterocycles. The van der Waals surface area contributed by atoms with E-state index in [0.29, 0.717) is 18.8 Å². The summed E-state index contributed by atoms with van der Waals surface area (Å²) in [6, 6.07) is 2.53. The topological polar surface area (TPSA) is 47.7 Å². The van der Waals surface area contributed by atoms with Crippen LogP contribution in [0.25, 0.3) is 0 Å². The van der Waals surface area contributed by atoms with Crippen LogP contribution in [0.2, 0.25) is 0 Å². The molecule has 7 heteroatoms. The fraction of sp³-hybridized carbons (Fsp3) is 0.538. The Morgan fingerprint density at radius 2 is 2.10 bits per heavy atom. The Morgan fingerprint density at radius 3 is 2.65 bits per heavy atom. The fourth-order valence-electron chi connectivity index (χ4n) is 2.07. The van der Waals surface area contributed by atoms with E-state index in [-0.39, 0.29) is 11.7 Å². The van der Waals surface area contributed by atoms with Gasteiger partial charge in [-0.25, -0.2) is 4.39 Å². The highest BCUT2D eigenvalue weighted by atomic mass is 19.3. The van der Waals surface area contributed by atoms with Gasteiger partial charge in [0.15, 0.2) is 11.6 Å². The Bertz CT molecular complexity index is 467. The van der Waals surface area contributed by atoms with Crippen molar-refractivity contribution in [2.75, 3.05) is 30.9 Å². The van der Waals surface area contributed by atoms with Gasteiger partial charge < -0.3 is 20.1 Å². The van der Waals surface area contributed by atoms with Gasteiger partial charge in [-0.1, -0.05) is 0 Å². The van der Waals surface area contributed by atoms with Crippen molar-refractivity contribution >= 4 is 11.4 Å². The summed E-state index contributed by atoms with van der Waals surface area (Å²) in [5.74, 6) is -1.39. The highest BCUT2D eigenvalue weighted by Crippen LogP contribution is 2.38.